The predicted molar refractivity (Wildman–Crippen MR) is 155 cm³/mol. The number of carbonyl (C=O) groups is 3. The maximum atomic E-state index is 13.6. The van der Waals surface area contributed by atoms with E-state index in [1.165, 1.54) is 11.3 Å². The van der Waals surface area contributed by atoms with Crippen LogP contribution in [0.5, 0.6) is 0 Å². The number of nitrogens with one attached hydrogen (secondary N) is 3. The van der Waals surface area contributed by atoms with E-state index in [4.69, 9.17) is 21.1 Å². The number of carbonyl (C=O) groups excluding carboxylic acids is 3. The van der Waals surface area contributed by atoms with Crippen LogP contribution in [0.3, 0.4) is 0 Å². The molecule has 1 unspecified atom stereocenters. The Bertz CT molecular complexity index is 1150. The third kappa shape index (κ3) is 8.84. The molecule has 2 saturated heterocycles. The lowest BCUT2D eigenvalue weighted by Crippen LogP contribution is -2.56. The van der Waals surface area contributed by atoms with Crippen molar-refractivity contribution in [2.75, 3.05) is 52.6 Å². The van der Waals surface area contributed by atoms with Crippen LogP contribution in [0.4, 0.5) is 0 Å². The fourth-order valence-corrected chi connectivity index (χ4v) is 6.38. The molecule has 1 aromatic carbocycles. The number of morpholine rings is 1. The Morgan fingerprint density at radius 3 is 2.55 bits per heavy atom. The van der Waals surface area contributed by atoms with Gasteiger partial charge in [-0.3, -0.25) is 19.3 Å². The Labute approximate surface area is 244 Å². The second-order valence-corrected chi connectivity index (χ2v) is 12.1. The van der Waals surface area contributed by atoms with Crippen LogP contribution in [-0.4, -0.2) is 92.3 Å². The molecule has 3 amide bonds. The van der Waals surface area contributed by atoms with Crippen LogP contribution < -0.4 is 16.0 Å². The van der Waals surface area contributed by atoms with Gasteiger partial charge in [-0.2, -0.15) is 0 Å². The van der Waals surface area contributed by atoms with Crippen LogP contribution in [0.2, 0.25) is 5.02 Å². The van der Waals surface area contributed by atoms with Gasteiger partial charge in [-0.05, 0) is 37.0 Å². The van der Waals surface area contributed by atoms with Gasteiger partial charge in [0.05, 0.1) is 28.4 Å². The zero-order chi connectivity index (χ0) is 28.5. The maximum Gasteiger partial charge on any atom is 0.243 e. The number of benzene rings is 1. The summed E-state index contributed by atoms with van der Waals surface area (Å²) in [6.45, 7) is 8.91. The Morgan fingerprint density at radius 2 is 1.82 bits per heavy atom. The highest BCUT2D eigenvalue weighted by molar-refractivity contribution is 7.18. The normalized spacial score (nSPS) is 19.1. The molecule has 3 heterocycles. The first-order valence-electron chi connectivity index (χ1n) is 14.1. The summed E-state index contributed by atoms with van der Waals surface area (Å²) >= 11 is 7.59. The lowest BCUT2D eigenvalue weighted by Gasteiger charge is -2.33. The first-order chi connectivity index (χ1) is 19.3. The van der Waals surface area contributed by atoms with Crippen molar-refractivity contribution in [3.8, 4) is 0 Å². The van der Waals surface area contributed by atoms with E-state index >= 15 is 0 Å². The van der Waals surface area contributed by atoms with Crippen LogP contribution in [0.1, 0.15) is 38.1 Å². The maximum absolute atomic E-state index is 13.6. The molecule has 0 spiro atoms. The Balaban J connectivity index is 1.42. The number of amides is 3. The molecule has 2 aliphatic heterocycles. The molecule has 0 bridgehead atoms. The summed E-state index contributed by atoms with van der Waals surface area (Å²) in [5.74, 6) is -0.571. The molecule has 220 valence electrons. The van der Waals surface area contributed by atoms with E-state index in [-0.39, 0.29) is 48.4 Å². The van der Waals surface area contributed by atoms with E-state index in [9.17, 15) is 14.4 Å². The largest absolute Gasteiger partial charge is 0.381 e. The van der Waals surface area contributed by atoms with E-state index in [0.29, 0.717) is 44.5 Å². The third-order valence-electron chi connectivity index (χ3n) is 7.49. The van der Waals surface area contributed by atoms with E-state index in [0.717, 1.165) is 41.2 Å². The minimum atomic E-state index is -0.790. The molecule has 0 saturated carbocycles. The van der Waals surface area contributed by atoms with Gasteiger partial charge in [-0.1, -0.05) is 25.4 Å². The summed E-state index contributed by atoms with van der Waals surface area (Å²) in [7, 11) is 0. The topological polar surface area (TPSA) is 122 Å². The van der Waals surface area contributed by atoms with Crippen LogP contribution in [-0.2, 0) is 30.3 Å². The predicted octanol–water partition coefficient (Wildman–Crippen LogP) is 2.38. The summed E-state index contributed by atoms with van der Waals surface area (Å²) in [6.07, 6.45) is 2.10. The molecule has 40 heavy (non-hydrogen) atoms. The highest BCUT2D eigenvalue weighted by atomic mass is 35.5. The molecule has 12 heteroatoms. The number of ether oxygens (including phenoxy) is 2. The van der Waals surface area contributed by atoms with Crippen molar-refractivity contribution in [3.05, 3.63) is 28.2 Å². The first kappa shape index (κ1) is 30.6. The number of aromatic nitrogens is 1. The fourth-order valence-electron chi connectivity index (χ4n) is 5.09. The first-order valence-corrected chi connectivity index (χ1v) is 15.3. The van der Waals surface area contributed by atoms with Gasteiger partial charge in [-0.15, -0.1) is 11.3 Å². The van der Waals surface area contributed by atoms with E-state index in [1.54, 1.807) is 13.0 Å². The minimum absolute atomic E-state index is 0.0400. The number of fused-ring (bicyclic) bond motifs is 1. The van der Waals surface area contributed by atoms with Crippen LogP contribution in [0.25, 0.3) is 10.2 Å². The van der Waals surface area contributed by atoms with Gasteiger partial charge in [0.15, 0.2) is 0 Å². The Kier molecular flexibility index (Phi) is 11.5. The Hall–Kier alpha value is -2.31. The van der Waals surface area contributed by atoms with Crippen molar-refractivity contribution in [2.45, 2.75) is 51.6 Å². The SMILES string of the molecule is CCC(=O)N[C@@H](Cc1nc2ccc(Cl)cc2s1)C(=O)N[C@H](CNC(=O)C(C)CN1CCOCC1)C1CCOCC1. The molecule has 3 atom stereocenters. The van der Waals surface area contributed by atoms with E-state index < -0.39 is 6.04 Å². The molecule has 10 nitrogen and oxygen atoms in total. The lowest BCUT2D eigenvalue weighted by atomic mass is 9.91. The zero-order valence-corrected chi connectivity index (χ0v) is 24.8. The second-order valence-electron chi connectivity index (χ2n) is 10.5. The summed E-state index contributed by atoms with van der Waals surface area (Å²) in [5, 5.41) is 10.5. The van der Waals surface area contributed by atoms with E-state index in [2.05, 4.69) is 25.8 Å². The summed E-state index contributed by atoms with van der Waals surface area (Å²) in [5.41, 5.74) is 0.805. The van der Waals surface area contributed by atoms with Gasteiger partial charge >= 0.3 is 0 Å². The van der Waals surface area contributed by atoms with Crippen molar-refractivity contribution in [2.24, 2.45) is 11.8 Å². The highest BCUT2D eigenvalue weighted by Gasteiger charge is 2.30. The molecule has 0 aliphatic carbocycles. The quantitative estimate of drug-likeness (QED) is 0.345. The number of halogens is 1. The standard InChI is InChI=1S/C28H40ClN5O5S/c1-3-25(35)31-22(15-26-32-21-5-4-20(29)14-24(21)40-26)28(37)33-23(19-6-10-38-11-7-19)16-30-27(36)18(2)17-34-8-12-39-13-9-34/h4-5,14,18-19,22-23H,3,6-13,15-17H2,1-2H3,(H,30,36)(H,31,35)(H,33,37)/t18?,22-,23+/m0/s1. The summed E-state index contributed by atoms with van der Waals surface area (Å²) in [6, 6.07) is 4.40. The van der Waals surface area contributed by atoms with Crippen LogP contribution in [0, 0.1) is 11.8 Å². The van der Waals surface area contributed by atoms with Crippen LogP contribution >= 0.6 is 22.9 Å². The molecule has 4 rings (SSSR count). The zero-order valence-electron chi connectivity index (χ0n) is 23.2. The van der Waals surface area contributed by atoms with Gasteiger partial charge in [-0.25, -0.2) is 4.98 Å². The molecule has 2 aliphatic rings. The van der Waals surface area contributed by atoms with Crippen molar-refractivity contribution >= 4 is 50.9 Å². The number of rotatable bonds is 12. The third-order valence-corrected chi connectivity index (χ3v) is 8.76. The molecular formula is C28H40ClN5O5S. The minimum Gasteiger partial charge on any atom is -0.381 e. The molecule has 0 radical (unpaired) electrons. The summed E-state index contributed by atoms with van der Waals surface area (Å²) < 4.78 is 11.9. The molecule has 2 aromatic rings. The van der Waals surface area contributed by atoms with Gasteiger partial charge < -0.3 is 25.4 Å². The smallest absolute Gasteiger partial charge is 0.243 e. The number of thiazole rings is 1. The monoisotopic (exact) mass is 593 g/mol. The van der Waals surface area contributed by atoms with Gasteiger partial charge in [0.1, 0.15) is 6.04 Å². The van der Waals surface area contributed by atoms with Crippen molar-refractivity contribution < 1.29 is 23.9 Å². The van der Waals surface area contributed by atoms with E-state index in [1.807, 2.05) is 19.1 Å². The molecule has 1 aromatic heterocycles. The molecule has 2 fully saturated rings. The number of hydrogen-bond donors (Lipinski definition) is 3. The summed E-state index contributed by atoms with van der Waals surface area (Å²) in [4.78, 5) is 45.9. The number of nitrogens with zero attached hydrogens (tertiary/aromatic N) is 2. The fraction of sp³-hybridized carbons (Fsp3) is 0.643. The van der Waals surface area contributed by atoms with Crippen LogP contribution in [0.15, 0.2) is 18.2 Å². The Morgan fingerprint density at radius 1 is 1.10 bits per heavy atom. The highest BCUT2D eigenvalue weighted by Crippen LogP contribution is 2.26. The van der Waals surface area contributed by atoms with Crippen molar-refractivity contribution in [3.63, 3.8) is 0 Å². The molecular weight excluding hydrogens is 554 g/mol. The second kappa shape index (κ2) is 15.1. The molecule has 3 N–H and O–H groups in total. The van der Waals surface area contributed by atoms with Crippen molar-refractivity contribution in [1.29, 1.82) is 0 Å². The van der Waals surface area contributed by atoms with Gasteiger partial charge in [0, 0.05) is 69.2 Å². The lowest BCUT2D eigenvalue weighted by molar-refractivity contribution is -0.130. The van der Waals surface area contributed by atoms with Gasteiger partial charge in [0.2, 0.25) is 17.7 Å². The van der Waals surface area contributed by atoms with Crippen molar-refractivity contribution in [1.82, 2.24) is 25.8 Å². The number of hydrogen-bond acceptors (Lipinski definition) is 8. The average molecular weight is 594 g/mol. The average Bonchev–Trinajstić information content (AvgIpc) is 3.36. The van der Waals surface area contributed by atoms with Gasteiger partial charge in [0.25, 0.3) is 0 Å².